The average molecular weight is 299 g/mol. The van der Waals surface area contributed by atoms with Gasteiger partial charge in [0.2, 0.25) is 0 Å². The maximum atomic E-state index is 11.8. The van der Waals surface area contributed by atoms with E-state index in [1.807, 2.05) is 38.1 Å². The number of amides is 2. The molecule has 0 unspecified atom stereocenters. The third kappa shape index (κ3) is 6.26. The minimum Gasteiger partial charge on any atom is -0.382 e. The van der Waals surface area contributed by atoms with Crippen molar-refractivity contribution in [1.82, 2.24) is 10.6 Å². The van der Waals surface area contributed by atoms with Crippen LogP contribution in [0.2, 0.25) is 5.02 Å². The highest BCUT2D eigenvalue weighted by molar-refractivity contribution is 6.30. The molecule has 0 spiro atoms. The largest absolute Gasteiger partial charge is 0.382 e. The van der Waals surface area contributed by atoms with Gasteiger partial charge in [-0.2, -0.15) is 0 Å². The second kappa shape index (κ2) is 9.61. The van der Waals surface area contributed by atoms with E-state index < -0.39 is 0 Å². The van der Waals surface area contributed by atoms with Crippen LogP contribution >= 0.6 is 11.6 Å². The van der Waals surface area contributed by atoms with E-state index in [2.05, 4.69) is 10.6 Å². The van der Waals surface area contributed by atoms with Crippen molar-refractivity contribution in [1.29, 1.82) is 0 Å². The molecule has 4 nitrogen and oxygen atoms in total. The van der Waals surface area contributed by atoms with E-state index in [0.29, 0.717) is 24.8 Å². The summed E-state index contributed by atoms with van der Waals surface area (Å²) in [5.74, 6) is 0. The van der Waals surface area contributed by atoms with Gasteiger partial charge in [-0.05, 0) is 37.5 Å². The molecule has 0 aromatic heterocycles. The number of urea groups is 1. The van der Waals surface area contributed by atoms with Gasteiger partial charge in [0.05, 0.1) is 6.04 Å². The summed E-state index contributed by atoms with van der Waals surface area (Å²) in [4.78, 5) is 11.8. The zero-order valence-corrected chi connectivity index (χ0v) is 12.9. The standard InChI is InChI=1S/C15H23ClN2O2/c1-3-14(12-6-8-13(16)9-7-12)18-15(19)17-10-5-11-20-4-2/h6-9,14H,3-5,10-11H2,1-2H3,(H2,17,18,19)/t14-/m0/s1. The van der Waals surface area contributed by atoms with E-state index in [0.717, 1.165) is 18.4 Å². The van der Waals surface area contributed by atoms with Gasteiger partial charge in [0.1, 0.15) is 0 Å². The van der Waals surface area contributed by atoms with Gasteiger partial charge in [-0.25, -0.2) is 4.79 Å². The molecule has 1 atom stereocenters. The molecule has 2 amide bonds. The predicted molar refractivity (Wildman–Crippen MR) is 82.1 cm³/mol. The third-order valence-electron chi connectivity index (χ3n) is 2.94. The summed E-state index contributed by atoms with van der Waals surface area (Å²) in [6.45, 7) is 5.99. The molecule has 1 aromatic carbocycles. The van der Waals surface area contributed by atoms with Gasteiger partial charge in [0.15, 0.2) is 0 Å². The third-order valence-corrected chi connectivity index (χ3v) is 3.19. The first kappa shape index (κ1) is 16.8. The summed E-state index contributed by atoms with van der Waals surface area (Å²) in [7, 11) is 0. The van der Waals surface area contributed by atoms with Crippen LogP contribution in [0.1, 0.15) is 38.3 Å². The zero-order chi connectivity index (χ0) is 14.8. The van der Waals surface area contributed by atoms with E-state index in [1.165, 1.54) is 0 Å². The fourth-order valence-electron chi connectivity index (χ4n) is 1.85. The molecule has 20 heavy (non-hydrogen) atoms. The highest BCUT2D eigenvalue weighted by atomic mass is 35.5. The first-order valence-corrected chi connectivity index (χ1v) is 7.42. The van der Waals surface area contributed by atoms with Gasteiger partial charge in [-0.3, -0.25) is 0 Å². The maximum Gasteiger partial charge on any atom is 0.315 e. The van der Waals surface area contributed by atoms with Crippen molar-refractivity contribution in [2.24, 2.45) is 0 Å². The topological polar surface area (TPSA) is 50.4 Å². The van der Waals surface area contributed by atoms with Crippen molar-refractivity contribution in [3.63, 3.8) is 0 Å². The lowest BCUT2D eigenvalue weighted by Crippen LogP contribution is -2.38. The van der Waals surface area contributed by atoms with Crippen molar-refractivity contribution < 1.29 is 9.53 Å². The highest BCUT2D eigenvalue weighted by Crippen LogP contribution is 2.18. The van der Waals surface area contributed by atoms with E-state index in [-0.39, 0.29) is 12.1 Å². The quantitative estimate of drug-likeness (QED) is 0.722. The summed E-state index contributed by atoms with van der Waals surface area (Å²) in [5, 5.41) is 6.49. The Morgan fingerprint density at radius 1 is 1.30 bits per heavy atom. The van der Waals surface area contributed by atoms with Crippen LogP contribution in [-0.4, -0.2) is 25.8 Å². The van der Waals surface area contributed by atoms with Gasteiger partial charge in [0.25, 0.3) is 0 Å². The summed E-state index contributed by atoms with van der Waals surface area (Å²) in [6.07, 6.45) is 1.65. The fraction of sp³-hybridized carbons (Fsp3) is 0.533. The maximum absolute atomic E-state index is 11.8. The van der Waals surface area contributed by atoms with Gasteiger partial charge in [-0.1, -0.05) is 30.7 Å². The molecule has 0 saturated carbocycles. The van der Waals surface area contributed by atoms with Gasteiger partial charge >= 0.3 is 6.03 Å². The van der Waals surface area contributed by atoms with Crippen LogP contribution in [0.3, 0.4) is 0 Å². The molecule has 0 heterocycles. The van der Waals surface area contributed by atoms with Crippen LogP contribution < -0.4 is 10.6 Å². The van der Waals surface area contributed by atoms with E-state index >= 15 is 0 Å². The molecule has 0 fully saturated rings. The molecule has 1 aromatic rings. The second-order valence-corrected chi connectivity index (χ2v) is 4.90. The first-order valence-electron chi connectivity index (χ1n) is 7.05. The van der Waals surface area contributed by atoms with Crippen molar-refractivity contribution in [3.8, 4) is 0 Å². The lowest BCUT2D eigenvalue weighted by molar-refractivity contribution is 0.145. The Balaban J connectivity index is 2.36. The number of ether oxygens (including phenoxy) is 1. The van der Waals surface area contributed by atoms with E-state index in [4.69, 9.17) is 16.3 Å². The number of carbonyl (C=O) groups excluding carboxylic acids is 1. The molecular weight excluding hydrogens is 276 g/mol. The lowest BCUT2D eigenvalue weighted by atomic mass is 10.1. The van der Waals surface area contributed by atoms with Crippen LogP contribution in [0.25, 0.3) is 0 Å². The number of nitrogens with one attached hydrogen (secondary N) is 2. The molecule has 1 rings (SSSR count). The molecule has 0 aliphatic heterocycles. The van der Waals surface area contributed by atoms with E-state index in [1.54, 1.807) is 0 Å². The fourth-order valence-corrected chi connectivity index (χ4v) is 1.97. The number of rotatable bonds is 8. The molecule has 2 N–H and O–H groups in total. The van der Waals surface area contributed by atoms with Crippen molar-refractivity contribution in [3.05, 3.63) is 34.9 Å². The molecule has 5 heteroatoms. The SMILES string of the molecule is CCOCCCNC(=O)N[C@@H](CC)c1ccc(Cl)cc1. The Kier molecular flexibility index (Phi) is 8.07. The van der Waals surface area contributed by atoms with Crippen molar-refractivity contribution >= 4 is 17.6 Å². The Morgan fingerprint density at radius 3 is 2.60 bits per heavy atom. The number of halogens is 1. The number of carbonyl (C=O) groups is 1. The highest BCUT2D eigenvalue weighted by Gasteiger charge is 2.11. The second-order valence-electron chi connectivity index (χ2n) is 4.46. The summed E-state index contributed by atoms with van der Waals surface area (Å²) in [6, 6.07) is 7.39. The molecule has 0 bridgehead atoms. The Bertz CT molecular complexity index is 395. The molecule has 0 aliphatic rings. The number of benzene rings is 1. The summed E-state index contributed by atoms with van der Waals surface area (Å²) >= 11 is 5.86. The number of hydrogen-bond acceptors (Lipinski definition) is 2. The monoisotopic (exact) mass is 298 g/mol. The van der Waals surface area contributed by atoms with Gasteiger partial charge in [-0.15, -0.1) is 0 Å². The van der Waals surface area contributed by atoms with Crippen molar-refractivity contribution in [2.45, 2.75) is 32.7 Å². The molecule has 0 saturated heterocycles. The predicted octanol–water partition coefficient (Wildman–Crippen LogP) is 3.52. The van der Waals surface area contributed by atoms with Gasteiger partial charge < -0.3 is 15.4 Å². The van der Waals surface area contributed by atoms with E-state index in [9.17, 15) is 4.79 Å². The minimum atomic E-state index is -0.150. The smallest absolute Gasteiger partial charge is 0.315 e. The molecule has 0 aliphatic carbocycles. The average Bonchev–Trinajstić information content (AvgIpc) is 2.45. The van der Waals surface area contributed by atoms with Crippen LogP contribution in [-0.2, 0) is 4.74 Å². The Hall–Kier alpha value is -1.26. The normalized spacial score (nSPS) is 11.9. The summed E-state index contributed by atoms with van der Waals surface area (Å²) < 4.78 is 5.21. The summed E-state index contributed by atoms with van der Waals surface area (Å²) in [5.41, 5.74) is 1.06. The number of hydrogen-bond donors (Lipinski definition) is 2. The van der Waals surface area contributed by atoms with Crippen LogP contribution in [0, 0.1) is 0 Å². The van der Waals surface area contributed by atoms with Crippen LogP contribution in [0.4, 0.5) is 4.79 Å². The van der Waals surface area contributed by atoms with Gasteiger partial charge in [0, 0.05) is 24.8 Å². The van der Waals surface area contributed by atoms with Crippen LogP contribution in [0.5, 0.6) is 0 Å². The van der Waals surface area contributed by atoms with Crippen LogP contribution in [0.15, 0.2) is 24.3 Å². The molecule has 112 valence electrons. The van der Waals surface area contributed by atoms with Crippen molar-refractivity contribution in [2.75, 3.05) is 19.8 Å². The zero-order valence-electron chi connectivity index (χ0n) is 12.1. The Labute approximate surface area is 125 Å². The lowest BCUT2D eigenvalue weighted by Gasteiger charge is -2.18. The minimum absolute atomic E-state index is 0.000779. The first-order chi connectivity index (χ1) is 9.67. The molecular formula is C15H23ClN2O2. The Morgan fingerprint density at radius 2 is 2.00 bits per heavy atom. The molecule has 0 radical (unpaired) electrons.